The van der Waals surface area contributed by atoms with Crippen LogP contribution in [-0.2, 0) is 0 Å². The lowest BCUT2D eigenvalue weighted by Gasteiger charge is -2.56. The van der Waals surface area contributed by atoms with Crippen molar-refractivity contribution >= 4 is 39.9 Å². The molecule has 6 heteroatoms. The van der Waals surface area contributed by atoms with E-state index < -0.39 is 0 Å². The summed E-state index contributed by atoms with van der Waals surface area (Å²) in [5.41, 5.74) is 1.77. The van der Waals surface area contributed by atoms with E-state index in [0.29, 0.717) is 5.92 Å². The summed E-state index contributed by atoms with van der Waals surface area (Å²) in [6, 6.07) is 6.06. The third-order valence-electron chi connectivity index (χ3n) is 5.63. The van der Waals surface area contributed by atoms with Gasteiger partial charge in [0.25, 0.3) is 5.91 Å². The lowest BCUT2D eigenvalue weighted by Crippen LogP contribution is -2.69. The first-order chi connectivity index (χ1) is 10.9. The van der Waals surface area contributed by atoms with Crippen LogP contribution in [0.5, 0.6) is 0 Å². The Balaban J connectivity index is 0.00000169. The number of rotatable bonds is 2. The highest BCUT2D eigenvalue weighted by atomic mass is 35.5. The molecule has 3 saturated heterocycles. The van der Waals surface area contributed by atoms with Crippen LogP contribution < -0.4 is 5.32 Å². The van der Waals surface area contributed by atoms with Crippen molar-refractivity contribution in [2.24, 2.45) is 5.92 Å². The molecule has 1 N–H and O–H groups in total. The topological polar surface area (TPSA) is 45.2 Å². The van der Waals surface area contributed by atoms with Crippen LogP contribution in [-0.4, -0.2) is 40.5 Å². The van der Waals surface area contributed by atoms with Gasteiger partial charge in [-0.15, -0.1) is 23.7 Å². The van der Waals surface area contributed by atoms with Gasteiger partial charge in [-0.2, -0.15) is 0 Å². The van der Waals surface area contributed by atoms with E-state index in [1.54, 1.807) is 11.3 Å². The number of aryl methyl sites for hydroxylation is 1. The molecule has 1 aromatic carbocycles. The summed E-state index contributed by atoms with van der Waals surface area (Å²) < 4.78 is 1.09. The van der Waals surface area contributed by atoms with E-state index in [0.717, 1.165) is 33.9 Å². The van der Waals surface area contributed by atoms with E-state index in [-0.39, 0.29) is 29.9 Å². The van der Waals surface area contributed by atoms with Gasteiger partial charge in [0.1, 0.15) is 0 Å². The number of nitrogens with one attached hydrogen (secondary N) is 1. The molecular weight excluding hydrogens is 342 g/mol. The average Bonchev–Trinajstić information content (AvgIpc) is 2.90. The second-order valence-corrected chi connectivity index (χ2v) is 8.58. The minimum absolute atomic E-state index is 0. The summed E-state index contributed by atoms with van der Waals surface area (Å²) in [4.78, 5) is 19.8. The smallest absolute Gasteiger partial charge is 0.251 e. The van der Waals surface area contributed by atoms with E-state index in [9.17, 15) is 4.79 Å². The number of amides is 1. The molecule has 0 aliphatic carbocycles. The Kier molecular flexibility index (Phi) is 4.62. The number of benzene rings is 1. The van der Waals surface area contributed by atoms with Crippen molar-refractivity contribution in [1.29, 1.82) is 0 Å². The number of nitrogens with zero attached hydrogens (tertiary/aromatic N) is 2. The first kappa shape index (κ1) is 17.6. The third-order valence-corrected chi connectivity index (χ3v) is 6.56. The maximum atomic E-state index is 12.8. The highest BCUT2D eigenvalue weighted by Crippen LogP contribution is 2.39. The predicted molar refractivity (Wildman–Crippen MR) is 101 cm³/mol. The Morgan fingerprint density at radius 1 is 1.33 bits per heavy atom. The molecule has 4 nitrogen and oxygen atoms in total. The molecule has 2 bridgehead atoms. The molecule has 1 aromatic heterocycles. The number of aromatic nitrogens is 1. The summed E-state index contributed by atoms with van der Waals surface area (Å²) in [7, 11) is 0. The summed E-state index contributed by atoms with van der Waals surface area (Å²) >= 11 is 1.64. The first-order valence-electron chi connectivity index (χ1n) is 8.38. The number of piperidine rings is 3. The van der Waals surface area contributed by atoms with Gasteiger partial charge in [0.15, 0.2) is 0 Å². The maximum absolute atomic E-state index is 12.8. The summed E-state index contributed by atoms with van der Waals surface area (Å²) in [5.74, 6) is 0.651. The van der Waals surface area contributed by atoms with E-state index in [1.807, 2.05) is 25.1 Å². The highest BCUT2D eigenvalue weighted by molar-refractivity contribution is 7.18. The zero-order chi connectivity index (χ0) is 16.2. The second kappa shape index (κ2) is 6.28. The lowest BCUT2D eigenvalue weighted by molar-refractivity contribution is -0.0378. The Labute approximate surface area is 153 Å². The lowest BCUT2D eigenvalue weighted by atomic mass is 9.72. The normalized spacial score (nSPS) is 27.7. The van der Waals surface area contributed by atoms with E-state index in [1.165, 1.54) is 12.8 Å². The largest absolute Gasteiger partial charge is 0.347 e. The van der Waals surface area contributed by atoms with Crippen LogP contribution in [0.1, 0.15) is 42.1 Å². The zero-order valence-corrected chi connectivity index (χ0v) is 16.0. The van der Waals surface area contributed by atoms with E-state index >= 15 is 0 Å². The number of hydrogen-bond acceptors (Lipinski definition) is 4. The number of fused-ring (bicyclic) bond motifs is 4. The molecular formula is C18H24ClN3OS. The van der Waals surface area contributed by atoms with Crippen LogP contribution in [0.2, 0.25) is 0 Å². The van der Waals surface area contributed by atoms with Gasteiger partial charge in [0, 0.05) is 17.1 Å². The van der Waals surface area contributed by atoms with Crippen molar-refractivity contribution < 1.29 is 4.79 Å². The fraction of sp³-hybridized carbons (Fsp3) is 0.556. The first-order valence-corrected chi connectivity index (χ1v) is 9.20. The molecule has 0 saturated carbocycles. The monoisotopic (exact) mass is 365 g/mol. The molecule has 0 radical (unpaired) electrons. The Morgan fingerprint density at radius 2 is 2.04 bits per heavy atom. The zero-order valence-electron chi connectivity index (χ0n) is 14.3. The van der Waals surface area contributed by atoms with Gasteiger partial charge in [0.05, 0.1) is 15.2 Å². The fourth-order valence-corrected chi connectivity index (χ4v) is 5.15. The molecule has 5 rings (SSSR count). The fourth-order valence-electron chi connectivity index (χ4n) is 4.28. The number of carbonyl (C=O) groups excluding carboxylic acids is 1. The summed E-state index contributed by atoms with van der Waals surface area (Å²) in [6.07, 6.45) is 2.39. The SMILES string of the molecule is Cc1nc2ccc(C(=O)N[C@@H]3C4CCN(CC4)C3(C)C)cc2s1.Cl. The Morgan fingerprint density at radius 3 is 2.71 bits per heavy atom. The van der Waals surface area contributed by atoms with Gasteiger partial charge in [-0.25, -0.2) is 4.98 Å². The van der Waals surface area contributed by atoms with Gasteiger partial charge in [-0.3, -0.25) is 9.69 Å². The number of thiazole rings is 1. The van der Waals surface area contributed by atoms with Gasteiger partial charge in [0.2, 0.25) is 0 Å². The molecule has 0 unspecified atom stereocenters. The van der Waals surface area contributed by atoms with Crippen molar-refractivity contribution in [3.63, 3.8) is 0 Å². The standard InChI is InChI=1S/C18H23N3OS.ClH/c1-11-19-14-5-4-13(10-15(14)23-11)17(22)20-16-12-6-8-21(9-7-12)18(16,2)3;/h4-5,10,12,16H,6-9H2,1-3H3,(H,20,22);1H/t16-;/m1./s1. The van der Waals surface area contributed by atoms with Crippen LogP contribution in [0.15, 0.2) is 18.2 Å². The van der Waals surface area contributed by atoms with E-state index in [2.05, 4.69) is 29.0 Å². The summed E-state index contributed by atoms with van der Waals surface area (Å²) in [5, 5.41) is 4.37. The van der Waals surface area contributed by atoms with Gasteiger partial charge in [-0.05, 0) is 70.8 Å². The Hall–Kier alpha value is -1.17. The van der Waals surface area contributed by atoms with Crippen LogP contribution >= 0.6 is 23.7 Å². The Bertz CT molecular complexity index is 765. The van der Waals surface area contributed by atoms with E-state index in [4.69, 9.17) is 0 Å². The average molecular weight is 366 g/mol. The van der Waals surface area contributed by atoms with Crippen LogP contribution in [0.4, 0.5) is 0 Å². The van der Waals surface area contributed by atoms with Crippen molar-refractivity contribution in [3.8, 4) is 0 Å². The molecule has 4 heterocycles. The number of hydrogen-bond donors (Lipinski definition) is 1. The second-order valence-electron chi connectivity index (χ2n) is 7.34. The van der Waals surface area contributed by atoms with Gasteiger partial charge >= 0.3 is 0 Å². The molecule has 2 aromatic rings. The minimum atomic E-state index is 0. The van der Waals surface area contributed by atoms with Crippen LogP contribution in [0, 0.1) is 12.8 Å². The van der Waals surface area contributed by atoms with Crippen molar-refractivity contribution in [1.82, 2.24) is 15.2 Å². The molecule has 130 valence electrons. The van der Waals surface area contributed by atoms with Crippen LogP contribution in [0.3, 0.4) is 0 Å². The minimum Gasteiger partial charge on any atom is -0.347 e. The number of halogens is 1. The molecule has 3 aliphatic heterocycles. The van der Waals surface area contributed by atoms with Crippen molar-refractivity contribution in [2.75, 3.05) is 13.1 Å². The van der Waals surface area contributed by atoms with Crippen LogP contribution in [0.25, 0.3) is 10.2 Å². The highest BCUT2D eigenvalue weighted by Gasteiger charge is 2.48. The third kappa shape index (κ3) is 2.83. The molecule has 3 fully saturated rings. The molecule has 3 aliphatic rings. The van der Waals surface area contributed by atoms with Gasteiger partial charge in [-0.1, -0.05) is 0 Å². The maximum Gasteiger partial charge on any atom is 0.251 e. The van der Waals surface area contributed by atoms with Gasteiger partial charge < -0.3 is 5.32 Å². The quantitative estimate of drug-likeness (QED) is 0.883. The molecule has 24 heavy (non-hydrogen) atoms. The molecule has 1 amide bonds. The van der Waals surface area contributed by atoms with Crippen molar-refractivity contribution in [2.45, 2.75) is 45.2 Å². The molecule has 0 spiro atoms. The van der Waals surface area contributed by atoms with Crippen molar-refractivity contribution in [3.05, 3.63) is 28.8 Å². The molecule has 1 atom stereocenters. The predicted octanol–water partition coefficient (Wildman–Crippen LogP) is 3.63. The summed E-state index contributed by atoms with van der Waals surface area (Å²) in [6.45, 7) is 8.85. The number of carbonyl (C=O) groups is 1.